The molecule has 0 aliphatic carbocycles. The molecule has 4 N–H and O–H groups in total. The molecule has 0 radical (unpaired) electrons. The van der Waals surface area contributed by atoms with Gasteiger partial charge in [-0.05, 0) is 17.7 Å². The number of rotatable bonds is 6. The van der Waals surface area contributed by atoms with Gasteiger partial charge >= 0.3 is 0 Å². The summed E-state index contributed by atoms with van der Waals surface area (Å²) in [5, 5.41) is 29.8. The van der Waals surface area contributed by atoms with Gasteiger partial charge in [-0.1, -0.05) is 6.07 Å². The molecule has 1 aromatic carbocycles. The lowest BCUT2D eigenvalue weighted by Crippen LogP contribution is -2.54. The Bertz CT molecular complexity index is 361. The fraction of sp³-hybridized carbons (Fsp3) is 0.455. The first-order chi connectivity index (χ1) is 8.06. The van der Waals surface area contributed by atoms with Crippen LogP contribution in [0, 0.1) is 11.6 Å². The smallest absolute Gasteiger partial charge is 0.159 e. The van der Waals surface area contributed by atoms with Crippen LogP contribution in [0.2, 0.25) is 0 Å². The van der Waals surface area contributed by atoms with Crippen molar-refractivity contribution in [1.82, 2.24) is 5.32 Å². The van der Waals surface area contributed by atoms with E-state index in [9.17, 15) is 8.78 Å². The lowest BCUT2D eigenvalue weighted by atomic mass is 10.0. The van der Waals surface area contributed by atoms with Crippen molar-refractivity contribution in [1.29, 1.82) is 0 Å². The number of halogens is 2. The Morgan fingerprint density at radius 1 is 1.00 bits per heavy atom. The maximum Gasteiger partial charge on any atom is 0.159 e. The molecule has 1 rings (SSSR count). The van der Waals surface area contributed by atoms with E-state index < -0.39 is 37.0 Å². The van der Waals surface area contributed by atoms with Crippen LogP contribution in [0.3, 0.4) is 0 Å². The second-order valence-electron chi connectivity index (χ2n) is 3.86. The zero-order valence-corrected chi connectivity index (χ0v) is 9.16. The van der Waals surface area contributed by atoms with E-state index in [0.29, 0.717) is 5.56 Å². The minimum Gasteiger partial charge on any atom is -0.394 e. The number of hydrogen-bond donors (Lipinski definition) is 4. The summed E-state index contributed by atoms with van der Waals surface area (Å²) in [5.41, 5.74) is -0.783. The summed E-state index contributed by atoms with van der Waals surface area (Å²) in [5.74, 6) is -1.90. The molecule has 0 unspecified atom stereocenters. The Morgan fingerprint density at radius 2 is 1.59 bits per heavy atom. The lowest BCUT2D eigenvalue weighted by Gasteiger charge is -2.28. The van der Waals surface area contributed by atoms with Gasteiger partial charge in [0, 0.05) is 6.54 Å². The van der Waals surface area contributed by atoms with Crippen LogP contribution in [-0.2, 0) is 6.54 Å². The van der Waals surface area contributed by atoms with Gasteiger partial charge in [-0.15, -0.1) is 0 Å². The molecule has 0 bridgehead atoms. The van der Waals surface area contributed by atoms with Gasteiger partial charge in [0.1, 0.15) is 0 Å². The fourth-order valence-electron chi connectivity index (χ4n) is 1.26. The maximum atomic E-state index is 12.9. The molecule has 0 spiro atoms. The molecule has 4 nitrogen and oxygen atoms in total. The molecule has 0 amide bonds. The van der Waals surface area contributed by atoms with Gasteiger partial charge in [-0.2, -0.15) is 0 Å². The third-order valence-electron chi connectivity index (χ3n) is 2.56. The molecule has 17 heavy (non-hydrogen) atoms. The molecule has 0 fully saturated rings. The molecular formula is C11H15F2NO3. The van der Waals surface area contributed by atoms with Crippen LogP contribution in [0.5, 0.6) is 0 Å². The average Bonchev–Trinajstić information content (AvgIpc) is 2.36. The van der Waals surface area contributed by atoms with E-state index in [0.717, 1.165) is 12.1 Å². The summed E-state index contributed by atoms with van der Waals surface area (Å²) < 4.78 is 25.5. The van der Waals surface area contributed by atoms with Gasteiger partial charge in [0.2, 0.25) is 0 Å². The SMILES string of the molecule is OCC(CO)(CO)NCc1ccc(F)c(F)c1. The standard InChI is InChI=1S/C11H15F2NO3/c12-9-2-1-8(3-10(9)13)4-14-11(5-15,6-16)7-17/h1-3,14-17H,4-7H2. The van der Waals surface area contributed by atoms with E-state index in [-0.39, 0.29) is 6.54 Å². The molecule has 0 aliphatic heterocycles. The monoisotopic (exact) mass is 247 g/mol. The van der Waals surface area contributed by atoms with Crippen LogP contribution in [0.15, 0.2) is 18.2 Å². The maximum absolute atomic E-state index is 12.9. The fourth-order valence-corrected chi connectivity index (χ4v) is 1.26. The van der Waals surface area contributed by atoms with E-state index in [2.05, 4.69) is 5.32 Å². The van der Waals surface area contributed by atoms with Gasteiger partial charge < -0.3 is 20.6 Å². The first-order valence-corrected chi connectivity index (χ1v) is 5.08. The van der Waals surface area contributed by atoms with Crippen molar-refractivity contribution in [2.75, 3.05) is 19.8 Å². The summed E-state index contributed by atoms with van der Waals surface area (Å²) in [6.07, 6.45) is 0. The molecule has 0 saturated heterocycles. The Balaban J connectivity index is 2.68. The van der Waals surface area contributed by atoms with Crippen molar-refractivity contribution in [2.45, 2.75) is 12.1 Å². The molecule has 0 heterocycles. The zero-order valence-electron chi connectivity index (χ0n) is 9.16. The Hall–Kier alpha value is -1.08. The zero-order chi connectivity index (χ0) is 12.9. The topological polar surface area (TPSA) is 72.7 Å². The highest BCUT2D eigenvalue weighted by atomic mass is 19.2. The number of benzene rings is 1. The van der Waals surface area contributed by atoms with Crippen LogP contribution >= 0.6 is 0 Å². The molecule has 96 valence electrons. The third kappa shape index (κ3) is 3.44. The number of nitrogens with one attached hydrogen (secondary N) is 1. The van der Waals surface area contributed by atoms with E-state index in [1.54, 1.807) is 0 Å². The van der Waals surface area contributed by atoms with E-state index >= 15 is 0 Å². The highest BCUT2D eigenvalue weighted by Crippen LogP contribution is 2.10. The van der Waals surface area contributed by atoms with Crippen molar-refractivity contribution in [2.24, 2.45) is 0 Å². The second kappa shape index (κ2) is 6.02. The molecule has 6 heteroatoms. The van der Waals surface area contributed by atoms with Crippen LogP contribution in [0.4, 0.5) is 8.78 Å². The normalized spacial score (nSPS) is 11.8. The van der Waals surface area contributed by atoms with Crippen LogP contribution in [0.25, 0.3) is 0 Å². The van der Waals surface area contributed by atoms with Gasteiger partial charge in [0.25, 0.3) is 0 Å². The van der Waals surface area contributed by atoms with E-state index in [1.165, 1.54) is 6.07 Å². The Morgan fingerprint density at radius 3 is 2.06 bits per heavy atom. The molecule has 0 saturated carbocycles. The van der Waals surface area contributed by atoms with E-state index in [1.807, 2.05) is 0 Å². The van der Waals surface area contributed by atoms with Crippen molar-refractivity contribution in [3.63, 3.8) is 0 Å². The van der Waals surface area contributed by atoms with Gasteiger partial charge in [-0.3, -0.25) is 0 Å². The van der Waals surface area contributed by atoms with Crippen molar-refractivity contribution in [3.05, 3.63) is 35.4 Å². The van der Waals surface area contributed by atoms with Gasteiger partial charge in [-0.25, -0.2) is 8.78 Å². The summed E-state index contributed by atoms with van der Waals surface area (Å²) in [6.45, 7) is -1.31. The van der Waals surface area contributed by atoms with Crippen molar-refractivity contribution in [3.8, 4) is 0 Å². The quantitative estimate of drug-likeness (QED) is 0.560. The molecular weight excluding hydrogens is 232 g/mol. The molecule has 1 aromatic rings. The largest absolute Gasteiger partial charge is 0.394 e. The Labute approximate surface area is 97.5 Å². The minimum absolute atomic E-state index is 0.0961. The number of hydrogen-bond acceptors (Lipinski definition) is 4. The molecule has 0 aromatic heterocycles. The first-order valence-electron chi connectivity index (χ1n) is 5.08. The summed E-state index contributed by atoms with van der Waals surface area (Å²) >= 11 is 0. The first kappa shape index (κ1) is 14.0. The second-order valence-corrected chi connectivity index (χ2v) is 3.86. The van der Waals surface area contributed by atoms with Crippen LogP contribution < -0.4 is 5.32 Å². The van der Waals surface area contributed by atoms with Gasteiger partial charge in [0.15, 0.2) is 11.6 Å². The van der Waals surface area contributed by atoms with Crippen molar-refractivity contribution >= 4 is 0 Å². The lowest BCUT2D eigenvalue weighted by molar-refractivity contribution is 0.0413. The van der Waals surface area contributed by atoms with Gasteiger partial charge in [0.05, 0.1) is 25.4 Å². The summed E-state index contributed by atoms with van der Waals surface area (Å²) in [6, 6.07) is 3.38. The van der Waals surface area contributed by atoms with Crippen LogP contribution in [0.1, 0.15) is 5.56 Å². The third-order valence-corrected chi connectivity index (χ3v) is 2.56. The molecule has 0 aliphatic rings. The molecule has 0 atom stereocenters. The Kier molecular flexibility index (Phi) is 4.95. The highest BCUT2D eigenvalue weighted by molar-refractivity contribution is 5.18. The van der Waals surface area contributed by atoms with E-state index in [4.69, 9.17) is 15.3 Å². The summed E-state index contributed by atoms with van der Waals surface area (Å²) in [4.78, 5) is 0. The predicted molar refractivity (Wildman–Crippen MR) is 57.2 cm³/mol. The van der Waals surface area contributed by atoms with Crippen LogP contribution in [-0.4, -0.2) is 40.7 Å². The highest BCUT2D eigenvalue weighted by Gasteiger charge is 2.27. The summed E-state index contributed by atoms with van der Waals surface area (Å²) in [7, 11) is 0. The average molecular weight is 247 g/mol. The minimum atomic E-state index is -1.23. The van der Waals surface area contributed by atoms with Crippen molar-refractivity contribution < 1.29 is 24.1 Å². The predicted octanol–water partition coefficient (Wildman–Crippen LogP) is -0.230. The number of aliphatic hydroxyl groups excluding tert-OH is 3. The number of aliphatic hydroxyl groups is 3.